The van der Waals surface area contributed by atoms with E-state index in [-0.39, 0.29) is 5.91 Å². The molecule has 0 saturated heterocycles. The van der Waals surface area contributed by atoms with Crippen LogP contribution < -0.4 is 5.32 Å². The van der Waals surface area contributed by atoms with E-state index in [1.165, 1.54) is 19.3 Å². The van der Waals surface area contributed by atoms with Crippen molar-refractivity contribution in [3.05, 3.63) is 30.1 Å². The van der Waals surface area contributed by atoms with Gasteiger partial charge in [-0.15, -0.1) is 0 Å². The number of aromatic nitrogens is 1. The molecule has 2 atom stereocenters. The Bertz CT molecular complexity index is 350. The number of carbonyl (C=O) groups is 1. The van der Waals surface area contributed by atoms with Crippen molar-refractivity contribution >= 4 is 5.91 Å². The van der Waals surface area contributed by atoms with E-state index >= 15 is 0 Å². The maximum absolute atomic E-state index is 11.9. The van der Waals surface area contributed by atoms with Crippen molar-refractivity contribution in [3.63, 3.8) is 0 Å². The van der Waals surface area contributed by atoms with Gasteiger partial charge in [-0.05, 0) is 30.9 Å². The van der Waals surface area contributed by atoms with E-state index in [0.29, 0.717) is 17.7 Å². The van der Waals surface area contributed by atoms with Crippen LogP contribution in [-0.4, -0.2) is 16.9 Å². The number of carbonyl (C=O) groups excluding carboxylic acids is 1. The molecular formula is C13H18N2O. The van der Waals surface area contributed by atoms with Crippen molar-refractivity contribution in [2.45, 2.75) is 38.6 Å². The summed E-state index contributed by atoms with van der Waals surface area (Å²) in [6, 6.07) is 5.73. The molecule has 1 aliphatic carbocycles. The van der Waals surface area contributed by atoms with E-state index in [2.05, 4.69) is 17.2 Å². The molecule has 1 N–H and O–H groups in total. The molecule has 1 heterocycles. The Labute approximate surface area is 96.3 Å². The zero-order valence-corrected chi connectivity index (χ0v) is 9.65. The van der Waals surface area contributed by atoms with Crippen LogP contribution in [0.2, 0.25) is 0 Å². The minimum atomic E-state index is -0.0423. The van der Waals surface area contributed by atoms with Crippen molar-refractivity contribution in [2.24, 2.45) is 5.92 Å². The van der Waals surface area contributed by atoms with Crippen molar-refractivity contribution in [3.8, 4) is 0 Å². The minimum Gasteiger partial charge on any atom is -0.348 e. The SMILES string of the molecule is C[C@@H]1CCCC[C@H]1NC(=O)c1ccccn1. The molecule has 2 rings (SSSR count). The van der Waals surface area contributed by atoms with Crippen LogP contribution in [-0.2, 0) is 0 Å². The highest BCUT2D eigenvalue weighted by molar-refractivity contribution is 5.92. The zero-order chi connectivity index (χ0) is 11.4. The molecule has 0 bridgehead atoms. The predicted molar refractivity (Wildman–Crippen MR) is 63.1 cm³/mol. The first-order valence-corrected chi connectivity index (χ1v) is 5.99. The molecule has 1 aliphatic rings. The van der Waals surface area contributed by atoms with Crippen LogP contribution in [0.4, 0.5) is 0 Å². The summed E-state index contributed by atoms with van der Waals surface area (Å²) >= 11 is 0. The summed E-state index contributed by atoms with van der Waals surface area (Å²) in [6.45, 7) is 2.21. The van der Waals surface area contributed by atoms with E-state index in [9.17, 15) is 4.79 Å². The Kier molecular flexibility index (Phi) is 3.54. The Balaban J connectivity index is 1.96. The van der Waals surface area contributed by atoms with Gasteiger partial charge in [0.1, 0.15) is 5.69 Å². The van der Waals surface area contributed by atoms with E-state index in [0.717, 1.165) is 6.42 Å². The summed E-state index contributed by atoms with van der Waals surface area (Å²) < 4.78 is 0. The average Bonchev–Trinajstić information content (AvgIpc) is 2.33. The van der Waals surface area contributed by atoms with E-state index in [1.54, 1.807) is 12.3 Å². The standard InChI is InChI=1S/C13H18N2O/c1-10-6-2-3-7-11(10)15-13(16)12-8-4-5-9-14-12/h4-5,8-11H,2-3,6-7H2,1H3,(H,15,16)/t10-,11-/m1/s1. The number of nitrogens with zero attached hydrogens (tertiary/aromatic N) is 1. The van der Waals surface area contributed by atoms with Gasteiger partial charge in [0, 0.05) is 12.2 Å². The third-order valence-electron chi connectivity index (χ3n) is 3.33. The number of rotatable bonds is 2. The summed E-state index contributed by atoms with van der Waals surface area (Å²) in [5.41, 5.74) is 0.514. The van der Waals surface area contributed by atoms with Crippen LogP contribution in [0.5, 0.6) is 0 Å². The highest BCUT2D eigenvalue weighted by atomic mass is 16.1. The molecule has 3 heteroatoms. The average molecular weight is 218 g/mol. The molecular weight excluding hydrogens is 200 g/mol. The van der Waals surface area contributed by atoms with E-state index in [4.69, 9.17) is 0 Å². The smallest absolute Gasteiger partial charge is 0.270 e. The fourth-order valence-corrected chi connectivity index (χ4v) is 2.27. The van der Waals surface area contributed by atoms with Gasteiger partial charge >= 0.3 is 0 Å². The molecule has 3 nitrogen and oxygen atoms in total. The molecule has 1 amide bonds. The second-order valence-corrected chi connectivity index (χ2v) is 4.56. The van der Waals surface area contributed by atoms with Crippen LogP contribution in [0.3, 0.4) is 0 Å². The lowest BCUT2D eigenvalue weighted by molar-refractivity contribution is 0.0905. The van der Waals surface area contributed by atoms with E-state index < -0.39 is 0 Å². The Hall–Kier alpha value is -1.38. The van der Waals surface area contributed by atoms with Crippen LogP contribution in [0, 0.1) is 5.92 Å². The second-order valence-electron chi connectivity index (χ2n) is 4.56. The summed E-state index contributed by atoms with van der Waals surface area (Å²) in [6.07, 6.45) is 6.47. The predicted octanol–water partition coefficient (Wildman–Crippen LogP) is 2.39. The van der Waals surface area contributed by atoms with Crippen LogP contribution in [0.1, 0.15) is 43.1 Å². The highest BCUT2D eigenvalue weighted by Gasteiger charge is 2.23. The van der Waals surface area contributed by atoms with Gasteiger partial charge < -0.3 is 5.32 Å². The zero-order valence-electron chi connectivity index (χ0n) is 9.65. The third kappa shape index (κ3) is 2.60. The van der Waals surface area contributed by atoms with Gasteiger partial charge in [-0.2, -0.15) is 0 Å². The Morgan fingerprint density at radius 3 is 2.88 bits per heavy atom. The quantitative estimate of drug-likeness (QED) is 0.828. The maximum Gasteiger partial charge on any atom is 0.270 e. The number of hydrogen-bond acceptors (Lipinski definition) is 2. The summed E-state index contributed by atoms with van der Waals surface area (Å²) in [4.78, 5) is 15.9. The van der Waals surface area contributed by atoms with Crippen molar-refractivity contribution < 1.29 is 4.79 Å². The topological polar surface area (TPSA) is 42.0 Å². The lowest BCUT2D eigenvalue weighted by atomic mass is 9.86. The fraction of sp³-hybridized carbons (Fsp3) is 0.538. The lowest BCUT2D eigenvalue weighted by Crippen LogP contribution is -2.41. The first-order chi connectivity index (χ1) is 7.77. The summed E-state index contributed by atoms with van der Waals surface area (Å²) in [5.74, 6) is 0.542. The van der Waals surface area contributed by atoms with Gasteiger partial charge in [-0.3, -0.25) is 9.78 Å². The number of nitrogens with one attached hydrogen (secondary N) is 1. The molecule has 0 radical (unpaired) electrons. The van der Waals surface area contributed by atoms with Gasteiger partial charge in [0.15, 0.2) is 0 Å². The van der Waals surface area contributed by atoms with Crippen LogP contribution >= 0.6 is 0 Å². The molecule has 1 aromatic rings. The molecule has 1 aromatic heterocycles. The molecule has 0 unspecified atom stereocenters. The summed E-state index contributed by atoms with van der Waals surface area (Å²) in [7, 11) is 0. The molecule has 16 heavy (non-hydrogen) atoms. The molecule has 1 saturated carbocycles. The fourth-order valence-electron chi connectivity index (χ4n) is 2.27. The molecule has 0 aliphatic heterocycles. The van der Waals surface area contributed by atoms with Gasteiger partial charge in [-0.1, -0.05) is 25.8 Å². The van der Waals surface area contributed by atoms with Gasteiger partial charge in [0.2, 0.25) is 0 Å². The first kappa shape index (κ1) is 11.1. The number of pyridine rings is 1. The summed E-state index contributed by atoms with van der Waals surface area (Å²) in [5, 5.41) is 3.08. The second kappa shape index (κ2) is 5.10. The molecule has 1 fully saturated rings. The highest BCUT2D eigenvalue weighted by Crippen LogP contribution is 2.23. The first-order valence-electron chi connectivity index (χ1n) is 5.99. The number of hydrogen-bond donors (Lipinski definition) is 1. The molecule has 0 aromatic carbocycles. The lowest BCUT2D eigenvalue weighted by Gasteiger charge is -2.29. The van der Waals surface area contributed by atoms with Crippen molar-refractivity contribution in [1.29, 1.82) is 0 Å². The maximum atomic E-state index is 11.9. The van der Waals surface area contributed by atoms with Crippen LogP contribution in [0.25, 0.3) is 0 Å². The molecule has 0 spiro atoms. The molecule has 86 valence electrons. The monoisotopic (exact) mass is 218 g/mol. The minimum absolute atomic E-state index is 0.0423. The van der Waals surface area contributed by atoms with Gasteiger partial charge in [0.25, 0.3) is 5.91 Å². The normalized spacial score (nSPS) is 25.1. The third-order valence-corrected chi connectivity index (χ3v) is 3.33. The number of amides is 1. The Morgan fingerprint density at radius 2 is 2.19 bits per heavy atom. The van der Waals surface area contributed by atoms with E-state index in [1.807, 2.05) is 12.1 Å². The largest absolute Gasteiger partial charge is 0.348 e. The Morgan fingerprint density at radius 1 is 1.38 bits per heavy atom. The van der Waals surface area contributed by atoms with Gasteiger partial charge in [-0.25, -0.2) is 0 Å². The van der Waals surface area contributed by atoms with Crippen molar-refractivity contribution in [2.75, 3.05) is 0 Å². The van der Waals surface area contributed by atoms with Crippen molar-refractivity contribution in [1.82, 2.24) is 10.3 Å². The van der Waals surface area contributed by atoms with Gasteiger partial charge in [0.05, 0.1) is 0 Å². The van der Waals surface area contributed by atoms with Crippen LogP contribution in [0.15, 0.2) is 24.4 Å².